The summed E-state index contributed by atoms with van der Waals surface area (Å²) in [5, 5.41) is 0. The molecular formula is C20H30N4O4. The molecule has 154 valence electrons. The van der Waals surface area contributed by atoms with Crippen LogP contribution in [-0.2, 0) is 19.2 Å². The standard InChI is InChI=1S/C12H18N2O2.C8H12N2O2/c1-11(2)4-10(14-9-16)5-12(3,6-11)7-13-8-15;11-7-9-5-3-1-2-4-6-10-8-12/h10H,4-7H2,1-3H3;1-6H2. The van der Waals surface area contributed by atoms with Crippen LogP contribution in [0.4, 0.5) is 0 Å². The number of aliphatic imine (C=N–C) groups is 4. The summed E-state index contributed by atoms with van der Waals surface area (Å²) in [6, 6.07) is 0.00750. The van der Waals surface area contributed by atoms with Gasteiger partial charge in [0.2, 0.25) is 24.3 Å². The number of isocyanates is 4. The highest BCUT2D eigenvalue weighted by Crippen LogP contribution is 2.47. The van der Waals surface area contributed by atoms with Crippen molar-refractivity contribution in [2.75, 3.05) is 19.6 Å². The Morgan fingerprint density at radius 3 is 1.75 bits per heavy atom. The summed E-state index contributed by atoms with van der Waals surface area (Å²) < 4.78 is 0. The molecular weight excluding hydrogens is 360 g/mol. The molecule has 0 saturated heterocycles. The second-order valence-electron chi connectivity index (χ2n) is 8.20. The first-order valence-electron chi connectivity index (χ1n) is 9.50. The molecule has 1 saturated carbocycles. The first-order chi connectivity index (χ1) is 13.3. The van der Waals surface area contributed by atoms with Crippen molar-refractivity contribution >= 4 is 24.3 Å². The Labute approximate surface area is 166 Å². The highest BCUT2D eigenvalue weighted by atomic mass is 16.1. The van der Waals surface area contributed by atoms with Crippen LogP contribution in [-0.4, -0.2) is 50.0 Å². The zero-order valence-electron chi connectivity index (χ0n) is 17.1. The minimum Gasteiger partial charge on any atom is -0.211 e. The lowest BCUT2D eigenvalue weighted by molar-refractivity contribution is 0.0915. The van der Waals surface area contributed by atoms with Gasteiger partial charge in [-0.25, -0.2) is 39.1 Å². The maximum Gasteiger partial charge on any atom is 0.235 e. The van der Waals surface area contributed by atoms with Crippen molar-refractivity contribution in [3.05, 3.63) is 0 Å². The molecule has 0 aliphatic heterocycles. The SMILES string of the molecule is CC1(C)CC(N=C=O)CC(C)(CN=C=O)C1.O=C=NCCCCCCN=C=O. The van der Waals surface area contributed by atoms with Crippen LogP contribution in [0.1, 0.15) is 65.7 Å². The minimum absolute atomic E-state index is 0.00750. The molecule has 0 amide bonds. The van der Waals surface area contributed by atoms with E-state index in [9.17, 15) is 19.2 Å². The van der Waals surface area contributed by atoms with Crippen LogP contribution < -0.4 is 0 Å². The summed E-state index contributed by atoms with van der Waals surface area (Å²) in [4.78, 5) is 54.1. The van der Waals surface area contributed by atoms with Gasteiger partial charge >= 0.3 is 0 Å². The van der Waals surface area contributed by atoms with Crippen molar-refractivity contribution in [3.63, 3.8) is 0 Å². The van der Waals surface area contributed by atoms with Gasteiger partial charge in [-0.15, -0.1) is 0 Å². The van der Waals surface area contributed by atoms with Crippen LogP contribution in [0.2, 0.25) is 0 Å². The van der Waals surface area contributed by atoms with Crippen molar-refractivity contribution in [1.29, 1.82) is 0 Å². The molecule has 0 bridgehead atoms. The second-order valence-corrected chi connectivity index (χ2v) is 8.20. The van der Waals surface area contributed by atoms with Gasteiger partial charge in [0, 0.05) is 0 Å². The molecule has 0 N–H and O–H groups in total. The maximum atomic E-state index is 10.3. The van der Waals surface area contributed by atoms with E-state index in [0.717, 1.165) is 44.9 Å². The molecule has 0 aromatic rings. The highest BCUT2D eigenvalue weighted by molar-refractivity contribution is 5.34. The summed E-state index contributed by atoms with van der Waals surface area (Å²) in [7, 11) is 0. The summed E-state index contributed by atoms with van der Waals surface area (Å²) >= 11 is 0. The lowest BCUT2D eigenvalue weighted by Gasteiger charge is -2.44. The molecule has 1 fully saturated rings. The van der Waals surface area contributed by atoms with Crippen molar-refractivity contribution < 1.29 is 19.2 Å². The molecule has 8 heteroatoms. The molecule has 1 rings (SSSR count). The molecule has 2 atom stereocenters. The Hall–Kier alpha value is -2.48. The zero-order chi connectivity index (χ0) is 21.3. The van der Waals surface area contributed by atoms with Gasteiger partial charge in [-0.2, -0.15) is 0 Å². The quantitative estimate of drug-likeness (QED) is 0.322. The molecule has 1 aliphatic carbocycles. The van der Waals surface area contributed by atoms with Gasteiger partial charge in [-0.05, 0) is 42.9 Å². The Balaban J connectivity index is 0.000000546. The lowest BCUT2D eigenvalue weighted by atomic mass is 9.63. The molecule has 1 aliphatic rings. The molecule has 8 nitrogen and oxygen atoms in total. The maximum absolute atomic E-state index is 10.3. The van der Waals surface area contributed by atoms with Gasteiger partial charge in [0.25, 0.3) is 0 Å². The highest BCUT2D eigenvalue weighted by Gasteiger charge is 2.41. The molecule has 0 radical (unpaired) electrons. The van der Waals surface area contributed by atoms with E-state index in [4.69, 9.17) is 0 Å². The van der Waals surface area contributed by atoms with Crippen molar-refractivity contribution in [3.8, 4) is 0 Å². The summed E-state index contributed by atoms with van der Waals surface area (Å²) in [6.45, 7) is 7.97. The van der Waals surface area contributed by atoms with Gasteiger partial charge in [-0.1, -0.05) is 33.6 Å². The fourth-order valence-electron chi connectivity index (χ4n) is 3.91. The summed E-state index contributed by atoms with van der Waals surface area (Å²) in [5.41, 5.74) is 0.0561. The van der Waals surface area contributed by atoms with Crippen molar-refractivity contribution in [1.82, 2.24) is 0 Å². The van der Waals surface area contributed by atoms with E-state index >= 15 is 0 Å². The number of carbonyl (C=O) groups excluding carboxylic acids is 4. The second kappa shape index (κ2) is 14.6. The van der Waals surface area contributed by atoms with Gasteiger partial charge in [0.05, 0.1) is 25.7 Å². The Morgan fingerprint density at radius 2 is 1.29 bits per heavy atom. The van der Waals surface area contributed by atoms with Gasteiger partial charge in [0.1, 0.15) is 0 Å². The zero-order valence-corrected chi connectivity index (χ0v) is 17.1. The monoisotopic (exact) mass is 390 g/mol. The first-order valence-corrected chi connectivity index (χ1v) is 9.50. The predicted molar refractivity (Wildman–Crippen MR) is 105 cm³/mol. The fourth-order valence-corrected chi connectivity index (χ4v) is 3.91. The summed E-state index contributed by atoms with van der Waals surface area (Å²) in [6.07, 6.45) is 12.7. The lowest BCUT2D eigenvalue weighted by Crippen LogP contribution is -2.39. The van der Waals surface area contributed by atoms with Crippen LogP contribution in [0.25, 0.3) is 0 Å². The van der Waals surface area contributed by atoms with Crippen molar-refractivity contribution in [2.45, 2.75) is 71.8 Å². The predicted octanol–water partition coefficient (Wildman–Crippen LogP) is 3.46. The van der Waals surface area contributed by atoms with E-state index in [2.05, 4.69) is 40.7 Å². The minimum atomic E-state index is -0.0653. The third kappa shape index (κ3) is 12.8. The van der Waals surface area contributed by atoms with Crippen LogP contribution in [0.5, 0.6) is 0 Å². The molecule has 2 unspecified atom stereocenters. The van der Waals surface area contributed by atoms with Crippen LogP contribution in [0, 0.1) is 10.8 Å². The largest absolute Gasteiger partial charge is 0.235 e. The van der Waals surface area contributed by atoms with E-state index in [1.807, 2.05) is 0 Å². The van der Waals surface area contributed by atoms with E-state index in [-0.39, 0.29) is 16.9 Å². The number of hydrogen-bond acceptors (Lipinski definition) is 8. The van der Waals surface area contributed by atoms with Crippen molar-refractivity contribution in [2.24, 2.45) is 30.8 Å². The van der Waals surface area contributed by atoms with Crippen LogP contribution >= 0.6 is 0 Å². The fraction of sp³-hybridized carbons (Fsp3) is 0.800. The topological polar surface area (TPSA) is 118 Å². The van der Waals surface area contributed by atoms with Gasteiger partial charge < -0.3 is 0 Å². The van der Waals surface area contributed by atoms with Gasteiger partial charge in [-0.3, -0.25) is 0 Å². The summed E-state index contributed by atoms with van der Waals surface area (Å²) in [5.74, 6) is 0. The van der Waals surface area contributed by atoms with E-state index in [0.29, 0.717) is 19.6 Å². The number of rotatable bonds is 10. The number of unbranched alkanes of at least 4 members (excludes halogenated alkanes) is 3. The smallest absolute Gasteiger partial charge is 0.211 e. The third-order valence-electron chi connectivity index (χ3n) is 4.60. The number of hydrogen-bond donors (Lipinski definition) is 0. The Bertz CT molecular complexity index is 631. The van der Waals surface area contributed by atoms with E-state index < -0.39 is 0 Å². The Morgan fingerprint density at radius 1 is 0.750 bits per heavy atom. The van der Waals surface area contributed by atoms with Crippen LogP contribution in [0.3, 0.4) is 0 Å². The molecule has 0 aromatic heterocycles. The first kappa shape index (κ1) is 25.5. The van der Waals surface area contributed by atoms with E-state index in [1.54, 1.807) is 12.2 Å². The van der Waals surface area contributed by atoms with E-state index in [1.165, 1.54) is 12.2 Å². The average Bonchev–Trinajstić information content (AvgIpc) is 2.61. The number of nitrogens with zero attached hydrogens (tertiary/aromatic N) is 4. The third-order valence-corrected chi connectivity index (χ3v) is 4.60. The molecule has 0 heterocycles. The van der Waals surface area contributed by atoms with Crippen LogP contribution in [0.15, 0.2) is 20.0 Å². The van der Waals surface area contributed by atoms with Gasteiger partial charge in [0.15, 0.2) is 0 Å². The molecule has 0 aromatic carbocycles. The normalized spacial score (nSPS) is 22.0. The average molecular weight is 390 g/mol. The molecule has 0 spiro atoms. The Kier molecular flexibility index (Phi) is 13.3. The molecule has 28 heavy (non-hydrogen) atoms.